The Morgan fingerprint density at radius 2 is 1.84 bits per heavy atom. The number of H-pyrrole nitrogens is 1. The zero-order chi connectivity index (χ0) is 22.0. The van der Waals surface area contributed by atoms with Gasteiger partial charge in [0.05, 0.1) is 30.3 Å². The molecular weight excluding hydrogens is 423 g/mol. The first-order valence-electron chi connectivity index (χ1n) is 9.35. The van der Waals surface area contributed by atoms with E-state index in [0.29, 0.717) is 17.0 Å². The van der Waals surface area contributed by atoms with Crippen LogP contribution in [-0.2, 0) is 23.1 Å². The molecule has 1 N–H and O–H groups in total. The lowest BCUT2D eigenvalue weighted by molar-refractivity contribution is 0.357. The van der Waals surface area contributed by atoms with Crippen LogP contribution in [0.5, 0.6) is 5.75 Å². The zero-order valence-corrected chi connectivity index (χ0v) is 17.4. The largest absolute Gasteiger partial charge is 0.497 e. The Morgan fingerprint density at radius 1 is 1.06 bits per heavy atom. The number of halogens is 1. The highest BCUT2D eigenvalue weighted by atomic mass is 32.2. The second-order valence-electron chi connectivity index (χ2n) is 6.88. The van der Waals surface area contributed by atoms with Gasteiger partial charge in [0.15, 0.2) is 0 Å². The number of aromatic nitrogens is 1. The van der Waals surface area contributed by atoms with Crippen LogP contribution in [-0.4, -0.2) is 24.8 Å². The third-order valence-corrected chi connectivity index (χ3v) is 6.65. The van der Waals surface area contributed by atoms with Gasteiger partial charge in [0, 0.05) is 18.2 Å². The van der Waals surface area contributed by atoms with Crippen molar-refractivity contribution in [3.63, 3.8) is 0 Å². The van der Waals surface area contributed by atoms with Crippen molar-refractivity contribution in [2.24, 2.45) is 0 Å². The summed E-state index contributed by atoms with van der Waals surface area (Å²) in [5.41, 5.74) is 0.418. The molecule has 2 aromatic carbocycles. The molecule has 0 radical (unpaired) electrons. The van der Waals surface area contributed by atoms with Crippen LogP contribution in [0.1, 0.15) is 11.3 Å². The van der Waals surface area contributed by atoms with Crippen LogP contribution < -0.4 is 10.3 Å². The number of hydrogen-bond donors (Lipinski definition) is 1. The van der Waals surface area contributed by atoms with Gasteiger partial charge >= 0.3 is 0 Å². The quantitative estimate of drug-likeness (QED) is 0.472. The normalized spacial score (nSPS) is 11.8. The number of methoxy groups -OCH3 is 1. The second kappa shape index (κ2) is 8.37. The van der Waals surface area contributed by atoms with E-state index in [1.165, 1.54) is 25.5 Å². The predicted octanol–water partition coefficient (Wildman–Crippen LogP) is 3.66. The molecule has 9 heteroatoms. The number of benzene rings is 2. The van der Waals surface area contributed by atoms with Gasteiger partial charge in [0.25, 0.3) is 5.56 Å². The molecule has 0 fully saturated rings. The fraction of sp³-hybridized carbons (Fsp3) is 0.136. The van der Waals surface area contributed by atoms with Gasteiger partial charge in [-0.25, -0.2) is 12.8 Å². The van der Waals surface area contributed by atoms with E-state index in [4.69, 9.17) is 9.15 Å². The van der Waals surface area contributed by atoms with Gasteiger partial charge in [-0.15, -0.1) is 0 Å². The molecule has 2 aromatic heterocycles. The summed E-state index contributed by atoms with van der Waals surface area (Å²) in [5, 5.41) is 0.729. The molecule has 0 saturated carbocycles. The summed E-state index contributed by atoms with van der Waals surface area (Å²) in [7, 11) is -2.51. The van der Waals surface area contributed by atoms with E-state index in [1.54, 1.807) is 36.4 Å². The molecule has 4 aromatic rings. The molecule has 0 atom stereocenters. The maximum Gasteiger partial charge on any atom is 0.252 e. The summed E-state index contributed by atoms with van der Waals surface area (Å²) in [5.74, 6) is 0.458. The van der Waals surface area contributed by atoms with E-state index in [0.717, 1.165) is 21.8 Å². The van der Waals surface area contributed by atoms with E-state index in [2.05, 4.69) is 4.98 Å². The summed E-state index contributed by atoms with van der Waals surface area (Å²) in [6.07, 6.45) is 1.44. The van der Waals surface area contributed by atoms with Crippen molar-refractivity contribution in [2.45, 2.75) is 18.0 Å². The lowest BCUT2D eigenvalue weighted by Crippen LogP contribution is -2.32. The molecule has 7 nitrogen and oxygen atoms in total. The molecule has 160 valence electrons. The molecule has 4 rings (SSSR count). The number of aromatic amines is 1. The van der Waals surface area contributed by atoms with E-state index in [1.807, 2.05) is 0 Å². The number of hydrogen-bond acceptors (Lipinski definition) is 5. The topological polar surface area (TPSA) is 92.6 Å². The van der Waals surface area contributed by atoms with Crippen LogP contribution in [0.15, 0.2) is 81.0 Å². The van der Waals surface area contributed by atoms with Gasteiger partial charge in [-0.2, -0.15) is 4.31 Å². The van der Waals surface area contributed by atoms with Crippen LogP contribution in [0.25, 0.3) is 10.9 Å². The van der Waals surface area contributed by atoms with E-state index in [9.17, 15) is 17.6 Å². The molecule has 0 amide bonds. The van der Waals surface area contributed by atoms with Gasteiger partial charge in [0.1, 0.15) is 17.3 Å². The maximum atomic E-state index is 13.3. The first-order chi connectivity index (χ1) is 14.9. The number of nitrogens with zero attached hydrogens (tertiary/aromatic N) is 1. The third-order valence-electron chi connectivity index (χ3n) is 4.84. The summed E-state index contributed by atoms with van der Waals surface area (Å²) in [6, 6.07) is 14.7. The lowest BCUT2D eigenvalue weighted by Gasteiger charge is -2.21. The average Bonchev–Trinajstić information content (AvgIpc) is 3.27. The lowest BCUT2D eigenvalue weighted by atomic mass is 10.1. The van der Waals surface area contributed by atoms with Crippen molar-refractivity contribution < 1.29 is 22.0 Å². The van der Waals surface area contributed by atoms with Crippen molar-refractivity contribution in [1.82, 2.24) is 9.29 Å². The molecule has 2 heterocycles. The van der Waals surface area contributed by atoms with Crippen molar-refractivity contribution in [3.05, 3.63) is 94.4 Å². The van der Waals surface area contributed by atoms with Crippen LogP contribution in [0.3, 0.4) is 0 Å². The third kappa shape index (κ3) is 4.37. The van der Waals surface area contributed by atoms with E-state index >= 15 is 0 Å². The minimum absolute atomic E-state index is 0.0811. The number of ether oxygens (including phenoxy) is 1. The Morgan fingerprint density at radius 3 is 2.52 bits per heavy atom. The molecule has 0 aliphatic heterocycles. The predicted molar refractivity (Wildman–Crippen MR) is 113 cm³/mol. The Kier molecular flexibility index (Phi) is 5.62. The minimum Gasteiger partial charge on any atom is -0.497 e. The highest BCUT2D eigenvalue weighted by Crippen LogP contribution is 2.23. The summed E-state index contributed by atoms with van der Waals surface area (Å²) in [6.45, 7) is -0.287. The Bertz CT molecular complexity index is 1360. The van der Waals surface area contributed by atoms with Crippen LogP contribution in [0.4, 0.5) is 4.39 Å². The Hall–Kier alpha value is -3.43. The Balaban J connectivity index is 1.75. The molecular formula is C22H19FN2O5S. The van der Waals surface area contributed by atoms with Crippen molar-refractivity contribution >= 4 is 20.9 Å². The number of furan rings is 1. The van der Waals surface area contributed by atoms with Crippen LogP contribution in [0.2, 0.25) is 0 Å². The first-order valence-corrected chi connectivity index (χ1v) is 10.8. The average molecular weight is 442 g/mol. The standard InChI is InChI=1S/C22H19FN2O5S/c1-29-18-7-4-15-11-16(22(26)24-21(15)12-18)13-25(14-19-3-2-10-30-19)31(27,28)20-8-5-17(23)6-9-20/h2-12H,13-14H2,1H3,(H,24,26). The maximum absolute atomic E-state index is 13.3. The highest BCUT2D eigenvalue weighted by Gasteiger charge is 2.27. The number of sulfonamides is 1. The fourth-order valence-corrected chi connectivity index (χ4v) is 4.60. The molecule has 0 spiro atoms. The molecule has 0 aliphatic carbocycles. The molecule has 0 bridgehead atoms. The molecule has 0 saturated heterocycles. The van der Waals surface area contributed by atoms with Crippen LogP contribution in [0, 0.1) is 5.82 Å². The number of pyridine rings is 1. The van der Waals surface area contributed by atoms with Crippen molar-refractivity contribution in [1.29, 1.82) is 0 Å². The van der Waals surface area contributed by atoms with Crippen LogP contribution >= 0.6 is 0 Å². The van der Waals surface area contributed by atoms with Crippen molar-refractivity contribution in [2.75, 3.05) is 7.11 Å². The Labute approximate surface area is 177 Å². The van der Waals surface area contributed by atoms with E-state index in [-0.39, 0.29) is 23.5 Å². The van der Waals surface area contributed by atoms with Crippen molar-refractivity contribution in [3.8, 4) is 5.75 Å². The summed E-state index contributed by atoms with van der Waals surface area (Å²) >= 11 is 0. The SMILES string of the molecule is COc1ccc2cc(CN(Cc3ccco3)S(=O)(=O)c3ccc(F)cc3)c(=O)[nH]c2c1. The van der Waals surface area contributed by atoms with Gasteiger partial charge in [-0.3, -0.25) is 4.79 Å². The zero-order valence-electron chi connectivity index (χ0n) is 16.5. The summed E-state index contributed by atoms with van der Waals surface area (Å²) in [4.78, 5) is 15.4. The highest BCUT2D eigenvalue weighted by molar-refractivity contribution is 7.89. The number of fused-ring (bicyclic) bond motifs is 1. The fourth-order valence-electron chi connectivity index (χ4n) is 3.22. The second-order valence-corrected chi connectivity index (χ2v) is 8.82. The monoisotopic (exact) mass is 442 g/mol. The van der Waals surface area contributed by atoms with Gasteiger partial charge in [0.2, 0.25) is 10.0 Å². The molecule has 0 aliphatic rings. The first kappa shape index (κ1) is 20.8. The summed E-state index contributed by atoms with van der Waals surface area (Å²) < 4.78 is 51.4. The minimum atomic E-state index is -4.04. The smallest absolute Gasteiger partial charge is 0.252 e. The van der Waals surface area contributed by atoms with E-state index < -0.39 is 21.4 Å². The number of rotatable bonds is 7. The number of nitrogens with one attached hydrogen (secondary N) is 1. The molecule has 31 heavy (non-hydrogen) atoms. The molecule has 0 unspecified atom stereocenters. The van der Waals surface area contributed by atoms with Gasteiger partial charge < -0.3 is 14.1 Å². The van der Waals surface area contributed by atoms with Gasteiger partial charge in [-0.05, 0) is 60.0 Å². The van der Waals surface area contributed by atoms with Gasteiger partial charge in [-0.1, -0.05) is 0 Å².